The summed E-state index contributed by atoms with van der Waals surface area (Å²) in [5.41, 5.74) is 0.601. The number of alkyl carbamates (subject to hydrolysis) is 1. The molecule has 0 bridgehead atoms. The van der Waals surface area contributed by atoms with Crippen molar-refractivity contribution in [3.05, 3.63) is 30.1 Å². The molecule has 0 saturated carbocycles. The Morgan fingerprint density at radius 1 is 1.00 bits per heavy atom. The maximum Gasteiger partial charge on any atom is 0.407 e. The zero-order chi connectivity index (χ0) is 17.7. The molecule has 0 radical (unpaired) electrons. The fourth-order valence-corrected chi connectivity index (χ4v) is 1.65. The molecule has 0 atom stereocenters. The summed E-state index contributed by atoms with van der Waals surface area (Å²) >= 11 is 0. The lowest BCUT2D eigenvalue weighted by atomic mass is 10.2. The van der Waals surface area contributed by atoms with Crippen LogP contribution < -0.4 is 5.32 Å². The molecule has 0 spiro atoms. The van der Waals surface area contributed by atoms with Crippen LogP contribution in [0, 0.1) is 0 Å². The fourth-order valence-electron chi connectivity index (χ4n) is 1.65. The molecule has 7 nitrogen and oxygen atoms in total. The normalized spacial score (nSPS) is 11.3. The average Bonchev–Trinajstić information content (AvgIpc) is 2.52. The molecule has 1 aromatic heterocycles. The first kappa shape index (κ1) is 20.3. The number of nitrogens with one attached hydrogen (secondary N) is 1. The summed E-state index contributed by atoms with van der Waals surface area (Å²) in [4.78, 5) is 15.3. The van der Waals surface area contributed by atoms with E-state index in [1.54, 1.807) is 12.4 Å². The molecule has 0 saturated heterocycles. The predicted octanol–water partition coefficient (Wildman–Crippen LogP) is 2.16. The molecule has 0 aliphatic heterocycles. The van der Waals surface area contributed by atoms with Gasteiger partial charge in [-0.15, -0.1) is 0 Å². The third kappa shape index (κ3) is 11.8. The zero-order valence-electron chi connectivity index (χ0n) is 14.7. The van der Waals surface area contributed by atoms with E-state index in [9.17, 15) is 4.79 Å². The zero-order valence-corrected chi connectivity index (χ0v) is 14.7. The first-order chi connectivity index (χ1) is 11.5. The molecule has 1 rings (SSSR count). The van der Waals surface area contributed by atoms with Crippen LogP contribution in [0.2, 0.25) is 0 Å². The summed E-state index contributed by atoms with van der Waals surface area (Å²) in [5.74, 6) is 0. The minimum Gasteiger partial charge on any atom is -0.444 e. The Labute approximate surface area is 143 Å². The van der Waals surface area contributed by atoms with Gasteiger partial charge in [-0.2, -0.15) is 0 Å². The third-order valence-electron chi connectivity index (χ3n) is 2.68. The summed E-state index contributed by atoms with van der Waals surface area (Å²) in [5, 5.41) is 2.62. The number of carbonyl (C=O) groups is 1. The lowest BCUT2D eigenvalue weighted by Gasteiger charge is -2.19. The van der Waals surface area contributed by atoms with Crippen molar-refractivity contribution in [3.63, 3.8) is 0 Å². The van der Waals surface area contributed by atoms with Crippen molar-refractivity contribution < 1.29 is 23.7 Å². The molecule has 24 heavy (non-hydrogen) atoms. The second kappa shape index (κ2) is 11.8. The number of hydrogen-bond acceptors (Lipinski definition) is 6. The Morgan fingerprint density at radius 3 is 2.21 bits per heavy atom. The summed E-state index contributed by atoms with van der Waals surface area (Å²) in [7, 11) is 0. The van der Waals surface area contributed by atoms with Gasteiger partial charge >= 0.3 is 6.09 Å². The molecule has 136 valence electrons. The first-order valence-corrected chi connectivity index (χ1v) is 8.06. The monoisotopic (exact) mass is 340 g/mol. The van der Waals surface area contributed by atoms with E-state index in [0.29, 0.717) is 46.2 Å². The largest absolute Gasteiger partial charge is 0.444 e. The summed E-state index contributed by atoms with van der Waals surface area (Å²) in [6.45, 7) is 8.85. The van der Waals surface area contributed by atoms with Gasteiger partial charge < -0.3 is 24.3 Å². The van der Waals surface area contributed by atoms with Crippen molar-refractivity contribution >= 4 is 6.09 Å². The third-order valence-corrected chi connectivity index (χ3v) is 2.68. The Balaban J connectivity index is 1.83. The standard InChI is InChI=1S/C17H28N2O5/c1-17(2,3)24-16(20)19-8-9-21-10-11-22-12-13-23-14-15-4-6-18-7-5-15/h4-7H,8-14H2,1-3H3,(H,19,20). The van der Waals surface area contributed by atoms with E-state index >= 15 is 0 Å². The van der Waals surface area contributed by atoms with E-state index in [1.807, 2.05) is 32.9 Å². The van der Waals surface area contributed by atoms with E-state index < -0.39 is 11.7 Å². The van der Waals surface area contributed by atoms with Crippen molar-refractivity contribution in [1.29, 1.82) is 0 Å². The molecule has 0 unspecified atom stereocenters. The lowest BCUT2D eigenvalue weighted by Crippen LogP contribution is -2.34. The van der Waals surface area contributed by atoms with Gasteiger partial charge in [0.15, 0.2) is 0 Å². The Bertz CT molecular complexity index is 448. The Kier molecular flexibility index (Phi) is 9.98. The summed E-state index contributed by atoms with van der Waals surface area (Å²) in [6, 6.07) is 3.83. The molecule has 0 aliphatic rings. The van der Waals surface area contributed by atoms with Gasteiger partial charge in [-0.05, 0) is 38.5 Å². The van der Waals surface area contributed by atoms with Gasteiger partial charge in [0.25, 0.3) is 0 Å². The van der Waals surface area contributed by atoms with Crippen LogP contribution in [0.5, 0.6) is 0 Å². The van der Waals surface area contributed by atoms with Crippen molar-refractivity contribution in [3.8, 4) is 0 Å². The smallest absolute Gasteiger partial charge is 0.407 e. The minimum atomic E-state index is -0.488. The lowest BCUT2D eigenvalue weighted by molar-refractivity contribution is 0.0102. The molecule has 0 aromatic carbocycles. The van der Waals surface area contributed by atoms with Crippen LogP contribution in [0.4, 0.5) is 4.79 Å². The molecule has 1 amide bonds. The average molecular weight is 340 g/mol. The number of amides is 1. The molecule has 1 N–H and O–H groups in total. The van der Waals surface area contributed by atoms with Crippen LogP contribution in [-0.2, 0) is 25.6 Å². The molecule has 1 heterocycles. The highest BCUT2D eigenvalue weighted by Crippen LogP contribution is 2.06. The second-order valence-corrected chi connectivity index (χ2v) is 6.06. The van der Waals surface area contributed by atoms with E-state index in [0.717, 1.165) is 5.56 Å². The summed E-state index contributed by atoms with van der Waals surface area (Å²) in [6.07, 6.45) is 3.04. The highest BCUT2D eigenvalue weighted by atomic mass is 16.6. The number of nitrogens with zero attached hydrogens (tertiary/aromatic N) is 1. The van der Waals surface area contributed by atoms with Crippen molar-refractivity contribution in [2.45, 2.75) is 33.0 Å². The SMILES string of the molecule is CC(C)(C)OC(=O)NCCOCCOCCOCc1ccncc1. The minimum absolute atomic E-state index is 0.407. The van der Waals surface area contributed by atoms with Gasteiger partial charge in [-0.1, -0.05) is 0 Å². The molecule has 7 heteroatoms. The maximum atomic E-state index is 11.4. The van der Waals surface area contributed by atoms with E-state index in [-0.39, 0.29) is 0 Å². The number of hydrogen-bond donors (Lipinski definition) is 1. The number of aromatic nitrogens is 1. The van der Waals surface area contributed by atoms with Crippen LogP contribution in [0.1, 0.15) is 26.3 Å². The molecular formula is C17H28N2O5. The quantitative estimate of drug-likeness (QED) is 0.622. The van der Waals surface area contributed by atoms with Crippen LogP contribution in [0.25, 0.3) is 0 Å². The fraction of sp³-hybridized carbons (Fsp3) is 0.647. The number of carbonyl (C=O) groups excluding carboxylic acids is 1. The predicted molar refractivity (Wildman–Crippen MR) is 89.8 cm³/mol. The van der Waals surface area contributed by atoms with Crippen LogP contribution >= 0.6 is 0 Å². The first-order valence-electron chi connectivity index (χ1n) is 8.06. The van der Waals surface area contributed by atoms with Gasteiger partial charge in [-0.25, -0.2) is 4.79 Å². The van der Waals surface area contributed by atoms with Gasteiger partial charge in [0, 0.05) is 18.9 Å². The maximum absolute atomic E-state index is 11.4. The summed E-state index contributed by atoms with van der Waals surface area (Å²) < 4.78 is 21.3. The molecular weight excluding hydrogens is 312 g/mol. The molecule has 1 aromatic rings. The second-order valence-electron chi connectivity index (χ2n) is 6.06. The van der Waals surface area contributed by atoms with Gasteiger partial charge in [0.1, 0.15) is 5.60 Å². The van der Waals surface area contributed by atoms with E-state index in [2.05, 4.69) is 10.3 Å². The molecule has 0 aliphatic carbocycles. The Morgan fingerprint density at radius 2 is 1.58 bits per heavy atom. The van der Waals surface area contributed by atoms with Crippen LogP contribution in [0.3, 0.4) is 0 Å². The number of ether oxygens (including phenoxy) is 4. The van der Waals surface area contributed by atoms with Crippen molar-refractivity contribution in [1.82, 2.24) is 10.3 Å². The van der Waals surface area contributed by atoms with E-state index in [1.165, 1.54) is 0 Å². The van der Waals surface area contributed by atoms with Crippen LogP contribution in [-0.4, -0.2) is 56.3 Å². The highest BCUT2D eigenvalue weighted by molar-refractivity contribution is 5.67. The van der Waals surface area contributed by atoms with Crippen molar-refractivity contribution in [2.24, 2.45) is 0 Å². The van der Waals surface area contributed by atoms with Crippen LogP contribution in [0.15, 0.2) is 24.5 Å². The number of rotatable bonds is 11. The van der Waals surface area contributed by atoms with E-state index in [4.69, 9.17) is 18.9 Å². The van der Waals surface area contributed by atoms with Gasteiger partial charge in [0.05, 0.1) is 39.6 Å². The Hall–Kier alpha value is -1.70. The number of pyridine rings is 1. The van der Waals surface area contributed by atoms with Crippen molar-refractivity contribution in [2.75, 3.05) is 39.6 Å². The van der Waals surface area contributed by atoms with Gasteiger partial charge in [0.2, 0.25) is 0 Å². The van der Waals surface area contributed by atoms with Gasteiger partial charge in [-0.3, -0.25) is 4.98 Å². The highest BCUT2D eigenvalue weighted by Gasteiger charge is 2.15. The molecule has 0 fully saturated rings. The topological polar surface area (TPSA) is 78.9 Å².